The van der Waals surface area contributed by atoms with E-state index in [2.05, 4.69) is 10.3 Å². The Kier molecular flexibility index (Phi) is 10.5. The summed E-state index contributed by atoms with van der Waals surface area (Å²) < 4.78 is 33.4. The van der Waals surface area contributed by atoms with Crippen LogP contribution in [0.25, 0.3) is 11.1 Å². The van der Waals surface area contributed by atoms with E-state index >= 15 is 4.39 Å². The molecular weight excluding hydrogens is 631 g/mol. The van der Waals surface area contributed by atoms with Crippen LogP contribution in [0.4, 0.5) is 19.7 Å². The Hall–Kier alpha value is -5.46. The molecule has 0 unspecified atom stereocenters. The first-order valence-corrected chi connectivity index (χ1v) is 15.9. The number of likely N-dealkylation sites (N-methyl/N-ethyl adjacent to an activating group) is 1. The Balaban J connectivity index is 1.26. The van der Waals surface area contributed by atoms with E-state index in [1.807, 2.05) is 36.4 Å². The molecule has 0 radical (unpaired) electrons. The largest absolute Gasteiger partial charge is 0.497 e. The number of halogens is 1. The summed E-state index contributed by atoms with van der Waals surface area (Å²) in [5, 5.41) is 8.52. The quantitative estimate of drug-likeness (QED) is 0.194. The molecule has 3 aromatic carbocycles. The third kappa shape index (κ3) is 9.12. The van der Waals surface area contributed by atoms with Crippen LogP contribution < -0.4 is 9.64 Å². The Labute approximate surface area is 285 Å². The molecule has 0 bridgehead atoms. The van der Waals surface area contributed by atoms with Crippen LogP contribution in [-0.4, -0.2) is 81.8 Å². The van der Waals surface area contributed by atoms with Gasteiger partial charge >= 0.3 is 12.2 Å². The molecule has 1 atom stereocenters. The van der Waals surface area contributed by atoms with Gasteiger partial charge in [-0.15, -0.1) is 5.10 Å². The van der Waals surface area contributed by atoms with Crippen molar-refractivity contribution in [3.8, 4) is 16.9 Å². The van der Waals surface area contributed by atoms with Crippen molar-refractivity contribution in [3.05, 3.63) is 95.6 Å². The fourth-order valence-corrected chi connectivity index (χ4v) is 5.29. The molecule has 12 nitrogen and oxygen atoms in total. The van der Waals surface area contributed by atoms with Gasteiger partial charge in [-0.2, -0.15) is 0 Å². The second kappa shape index (κ2) is 14.8. The zero-order chi connectivity index (χ0) is 35.3. The summed E-state index contributed by atoms with van der Waals surface area (Å²) in [6.45, 7) is 8.20. The van der Waals surface area contributed by atoms with E-state index in [1.165, 1.54) is 22.8 Å². The number of hydrogen-bond acceptors (Lipinski definition) is 8. The molecule has 0 spiro atoms. The second-order valence-corrected chi connectivity index (χ2v) is 13.0. The first-order chi connectivity index (χ1) is 23.3. The number of benzene rings is 3. The summed E-state index contributed by atoms with van der Waals surface area (Å²) in [6, 6.07) is 19.5. The fourth-order valence-electron chi connectivity index (χ4n) is 5.29. The minimum atomic E-state index is -0.702. The molecule has 3 amide bonds. The van der Waals surface area contributed by atoms with Crippen LogP contribution in [0.5, 0.6) is 5.75 Å². The molecule has 1 fully saturated rings. The van der Waals surface area contributed by atoms with E-state index in [0.29, 0.717) is 29.1 Å². The highest BCUT2D eigenvalue weighted by Gasteiger charge is 2.34. The average Bonchev–Trinajstić information content (AvgIpc) is 3.65. The molecular formula is C36H41FN6O6. The number of nitrogens with zero attached hydrogens (tertiary/aromatic N) is 6. The summed E-state index contributed by atoms with van der Waals surface area (Å²) in [5.74, 6) is 0.123. The lowest BCUT2D eigenvalue weighted by Crippen LogP contribution is -2.36. The number of hydrogen-bond donors (Lipinski definition) is 0. The van der Waals surface area contributed by atoms with Crippen molar-refractivity contribution in [2.24, 2.45) is 0 Å². The smallest absolute Gasteiger partial charge is 0.414 e. The van der Waals surface area contributed by atoms with Gasteiger partial charge in [-0.05, 0) is 67.8 Å². The molecule has 258 valence electrons. The highest BCUT2D eigenvalue weighted by Crippen LogP contribution is 2.30. The average molecular weight is 673 g/mol. The van der Waals surface area contributed by atoms with Crippen LogP contribution in [0.15, 0.2) is 72.9 Å². The SMILES string of the molecule is COc1ccc(Cn2cc(CN(Cc3ccc(-c4ccc(N5C[C@H](CN(C)C(C)=O)OC5=O)cc4F)cc3)C(=O)OC(C)(C)C)nn2)cc1. The number of carbonyl (C=O) groups excluding carboxylic acids is 3. The maximum absolute atomic E-state index is 15.4. The van der Waals surface area contributed by atoms with Crippen molar-refractivity contribution in [1.82, 2.24) is 24.8 Å². The molecule has 0 saturated carbocycles. The van der Waals surface area contributed by atoms with Gasteiger partial charge in [0.15, 0.2) is 0 Å². The number of anilines is 1. The lowest BCUT2D eigenvalue weighted by molar-refractivity contribution is -0.128. The molecule has 49 heavy (non-hydrogen) atoms. The standard InChI is InChI=1S/C36H41FN6O6/c1-24(44)40(5)22-31-23-43(35(46)48-31)29-13-16-32(33(37)17-29)27-11-7-25(8-12-27)18-41(34(45)49-36(2,3)4)20-28-21-42(39-38-28)19-26-9-14-30(47-6)15-10-26/h7-17,21,31H,18-20,22-23H2,1-6H3/t31-/m0/s1. The number of cyclic esters (lactones) is 1. The molecule has 2 heterocycles. The first-order valence-electron chi connectivity index (χ1n) is 15.9. The van der Waals surface area contributed by atoms with Crippen molar-refractivity contribution < 1.29 is 33.0 Å². The van der Waals surface area contributed by atoms with E-state index in [9.17, 15) is 14.4 Å². The zero-order valence-electron chi connectivity index (χ0n) is 28.6. The van der Waals surface area contributed by atoms with Gasteiger partial charge in [0.25, 0.3) is 0 Å². The molecule has 0 aliphatic carbocycles. The first kappa shape index (κ1) is 34.9. The number of carbonyl (C=O) groups is 3. The lowest BCUT2D eigenvalue weighted by atomic mass is 10.0. The monoisotopic (exact) mass is 672 g/mol. The van der Waals surface area contributed by atoms with Crippen LogP contribution in [0.1, 0.15) is 44.5 Å². The van der Waals surface area contributed by atoms with Gasteiger partial charge in [-0.1, -0.05) is 41.6 Å². The number of amides is 3. The molecule has 1 aliphatic heterocycles. The maximum Gasteiger partial charge on any atom is 0.414 e. The number of rotatable bonds is 11. The molecule has 1 saturated heterocycles. The highest BCUT2D eigenvalue weighted by molar-refractivity contribution is 5.90. The van der Waals surface area contributed by atoms with Gasteiger partial charge in [-0.25, -0.2) is 18.7 Å². The van der Waals surface area contributed by atoms with Crippen LogP contribution in [-0.2, 0) is 33.9 Å². The van der Waals surface area contributed by atoms with Gasteiger partial charge in [-0.3, -0.25) is 14.6 Å². The zero-order valence-corrected chi connectivity index (χ0v) is 28.6. The minimum absolute atomic E-state index is 0.140. The summed E-state index contributed by atoms with van der Waals surface area (Å²) in [5.41, 5.74) is 3.07. The molecule has 1 aromatic heterocycles. The van der Waals surface area contributed by atoms with E-state index < -0.39 is 29.7 Å². The Morgan fingerprint density at radius 2 is 1.71 bits per heavy atom. The summed E-state index contributed by atoms with van der Waals surface area (Å²) in [7, 11) is 3.25. The van der Waals surface area contributed by atoms with Gasteiger partial charge < -0.3 is 19.1 Å². The topological polar surface area (TPSA) is 119 Å². The maximum atomic E-state index is 15.4. The molecule has 0 N–H and O–H groups in total. The van der Waals surface area contributed by atoms with Crippen molar-refractivity contribution in [2.75, 3.05) is 32.1 Å². The van der Waals surface area contributed by atoms with E-state index in [-0.39, 0.29) is 32.1 Å². The van der Waals surface area contributed by atoms with Crippen molar-refractivity contribution in [3.63, 3.8) is 0 Å². The van der Waals surface area contributed by atoms with Gasteiger partial charge in [0, 0.05) is 26.1 Å². The van der Waals surface area contributed by atoms with E-state index in [0.717, 1.165) is 16.9 Å². The summed E-state index contributed by atoms with van der Waals surface area (Å²) in [6.07, 6.45) is 0.193. The third-order valence-electron chi connectivity index (χ3n) is 7.89. The predicted molar refractivity (Wildman–Crippen MR) is 180 cm³/mol. The van der Waals surface area contributed by atoms with Gasteiger partial charge in [0.05, 0.1) is 45.2 Å². The molecule has 1 aliphatic rings. The van der Waals surface area contributed by atoms with Crippen LogP contribution in [0.3, 0.4) is 0 Å². The normalized spacial score (nSPS) is 14.4. The van der Waals surface area contributed by atoms with Crippen molar-refractivity contribution in [1.29, 1.82) is 0 Å². The van der Waals surface area contributed by atoms with Crippen LogP contribution >= 0.6 is 0 Å². The summed E-state index contributed by atoms with van der Waals surface area (Å²) in [4.78, 5) is 41.7. The van der Waals surface area contributed by atoms with Gasteiger partial charge in [0.1, 0.15) is 29.0 Å². The lowest BCUT2D eigenvalue weighted by Gasteiger charge is -2.27. The van der Waals surface area contributed by atoms with Gasteiger partial charge in [0.2, 0.25) is 5.91 Å². The summed E-state index contributed by atoms with van der Waals surface area (Å²) >= 11 is 0. The minimum Gasteiger partial charge on any atom is -0.497 e. The second-order valence-electron chi connectivity index (χ2n) is 13.0. The Bertz CT molecular complexity index is 1790. The van der Waals surface area contributed by atoms with Crippen molar-refractivity contribution >= 4 is 23.8 Å². The number of methoxy groups -OCH3 is 1. The number of aromatic nitrogens is 3. The Morgan fingerprint density at radius 3 is 2.35 bits per heavy atom. The molecule has 5 rings (SSSR count). The highest BCUT2D eigenvalue weighted by atomic mass is 19.1. The van der Waals surface area contributed by atoms with E-state index in [4.69, 9.17) is 14.2 Å². The molecule has 4 aromatic rings. The predicted octanol–water partition coefficient (Wildman–Crippen LogP) is 5.88. The third-order valence-corrected chi connectivity index (χ3v) is 7.89. The van der Waals surface area contributed by atoms with Crippen LogP contribution in [0, 0.1) is 5.82 Å². The Morgan fingerprint density at radius 1 is 1.02 bits per heavy atom. The van der Waals surface area contributed by atoms with E-state index in [1.54, 1.807) is 75.0 Å². The van der Waals surface area contributed by atoms with Crippen molar-refractivity contribution in [2.45, 2.75) is 59.0 Å². The van der Waals surface area contributed by atoms with Crippen LogP contribution in [0.2, 0.25) is 0 Å². The number of ether oxygens (including phenoxy) is 3. The molecule has 13 heteroatoms. The fraction of sp³-hybridized carbons (Fsp3) is 0.361.